The molecule has 0 unspecified atom stereocenters. The molecule has 0 heterocycles. The fourth-order valence-electron chi connectivity index (χ4n) is 3.62. The van der Waals surface area contributed by atoms with Crippen LogP contribution in [0.5, 0.6) is 5.75 Å². The van der Waals surface area contributed by atoms with Crippen molar-refractivity contribution in [2.24, 2.45) is 0 Å². The molecule has 3 nitrogen and oxygen atoms in total. The minimum Gasteiger partial charge on any atom is -0.493 e. The molecular weight excluding hydrogens is 384 g/mol. The summed E-state index contributed by atoms with van der Waals surface area (Å²) >= 11 is 0. The average Bonchev–Trinajstić information content (AvgIpc) is 2.79. The van der Waals surface area contributed by atoms with Crippen molar-refractivity contribution in [2.75, 3.05) is 6.61 Å². The van der Waals surface area contributed by atoms with Crippen molar-refractivity contribution in [2.45, 2.75) is 12.8 Å². The molecule has 0 saturated carbocycles. The summed E-state index contributed by atoms with van der Waals surface area (Å²) in [7, 11) is 0. The van der Waals surface area contributed by atoms with Crippen molar-refractivity contribution in [3.63, 3.8) is 0 Å². The van der Waals surface area contributed by atoms with Crippen LogP contribution in [-0.4, -0.2) is 17.7 Å². The molecule has 4 aromatic carbocycles. The predicted octanol–water partition coefficient (Wildman–Crippen LogP) is 6.15. The Morgan fingerprint density at radius 2 is 1.52 bits per heavy atom. The predicted molar refractivity (Wildman–Crippen MR) is 126 cm³/mol. The third-order valence-electron chi connectivity index (χ3n) is 5.20. The summed E-state index contributed by atoms with van der Waals surface area (Å²) in [5, 5.41) is 11.4. The van der Waals surface area contributed by atoms with Gasteiger partial charge in [0.2, 0.25) is 0 Å². The van der Waals surface area contributed by atoms with Gasteiger partial charge in [-0.2, -0.15) is 0 Å². The zero-order valence-electron chi connectivity index (χ0n) is 17.2. The van der Waals surface area contributed by atoms with Crippen molar-refractivity contribution in [3.05, 3.63) is 119 Å². The van der Waals surface area contributed by atoms with Crippen LogP contribution in [0.25, 0.3) is 16.8 Å². The highest BCUT2D eigenvalue weighted by molar-refractivity contribution is 5.86. The lowest BCUT2D eigenvalue weighted by molar-refractivity contribution is -0.131. The summed E-state index contributed by atoms with van der Waals surface area (Å²) in [5.74, 6) is -0.276. The molecule has 0 aliphatic carbocycles. The number of ether oxygens (including phenoxy) is 1. The van der Waals surface area contributed by atoms with Gasteiger partial charge in [-0.3, -0.25) is 0 Å². The number of hydrogen-bond donors (Lipinski definition) is 1. The van der Waals surface area contributed by atoms with Gasteiger partial charge in [0.05, 0.1) is 6.61 Å². The maximum atomic E-state index is 11.0. The monoisotopic (exact) mass is 408 g/mol. The molecule has 3 heteroatoms. The molecule has 0 saturated heterocycles. The second kappa shape index (κ2) is 9.77. The molecule has 0 amide bonds. The first-order valence-electron chi connectivity index (χ1n) is 10.4. The second-order valence-electron chi connectivity index (χ2n) is 7.49. The molecule has 0 spiro atoms. The van der Waals surface area contributed by atoms with Crippen molar-refractivity contribution in [1.82, 2.24) is 0 Å². The lowest BCUT2D eigenvalue weighted by Gasteiger charge is -2.12. The van der Waals surface area contributed by atoms with Gasteiger partial charge in [0.1, 0.15) is 5.75 Å². The Kier molecular flexibility index (Phi) is 6.44. The van der Waals surface area contributed by atoms with Crippen LogP contribution in [-0.2, 0) is 17.6 Å². The van der Waals surface area contributed by atoms with E-state index in [1.807, 2.05) is 48.5 Å². The van der Waals surface area contributed by atoms with E-state index in [1.54, 1.807) is 6.08 Å². The third kappa shape index (κ3) is 5.61. The van der Waals surface area contributed by atoms with E-state index in [4.69, 9.17) is 9.84 Å². The van der Waals surface area contributed by atoms with Crippen molar-refractivity contribution in [3.8, 4) is 5.75 Å². The van der Waals surface area contributed by atoms with Gasteiger partial charge < -0.3 is 9.84 Å². The average molecular weight is 408 g/mol. The van der Waals surface area contributed by atoms with Gasteiger partial charge in [-0.1, -0.05) is 84.9 Å². The largest absolute Gasteiger partial charge is 0.493 e. The number of carboxylic acid groups (broad SMARTS) is 1. The van der Waals surface area contributed by atoms with Gasteiger partial charge in [-0.25, -0.2) is 4.79 Å². The first kappa shape index (κ1) is 20.4. The topological polar surface area (TPSA) is 46.5 Å². The molecule has 0 fully saturated rings. The van der Waals surface area contributed by atoms with Crippen LogP contribution in [0.4, 0.5) is 0 Å². The minimum absolute atomic E-state index is 0.515. The van der Waals surface area contributed by atoms with E-state index in [-0.39, 0.29) is 0 Å². The summed E-state index contributed by atoms with van der Waals surface area (Å²) in [6.07, 6.45) is 4.29. The molecule has 31 heavy (non-hydrogen) atoms. The van der Waals surface area contributed by atoms with E-state index in [2.05, 4.69) is 42.5 Å². The molecule has 1 N–H and O–H groups in total. The Balaban J connectivity index is 1.50. The summed E-state index contributed by atoms with van der Waals surface area (Å²) in [6.45, 7) is 0.515. The molecule has 4 aromatic rings. The molecule has 154 valence electrons. The normalized spacial score (nSPS) is 11.1. The van der Waals surface area contributed by atoms with E-state index in [0.717, 1.165) is 30.0 Å². The Bertz CT molecular complexity index is 1210. The number of hydrogen-bond acceptors (Lipinski definition) is 2. The highest BCUT2D eigenvalue weighted by Gasteiger charge is 2.06. The van der Waals surface area contributed by atoms with Crippen molar-refractivity contribution >= 4 is 22.8 Å². The Labute approximate surface area is 182 Å². The van der Waals surface area contributed by atoms with Crippen LogP contribution >= 0.6 is 0 Å². The Hall–Kier alpha value is -3.85. The number of carboxylic acids is 1. The highest BCUT2D eigenvalue weighted by atomic mass is 16.5. The van der Waals surface area contributed by atoms with Crippen molar-refractivity contribution < 1.29 is 14.6 Å². The van der Waals surface area contributed by atoms with Crippen LogP contribution in [0.15, 0.2) is 97.1 Å². The van der Waals surface area contributed by atoms with E-state index in [9.17, 15) is 4.79 Å². The number of carbonyl (C=O) groups is 1. The zero-order chi connectivity index (χ0) is 21.5. The third-order valence-corrected chi connectivity index (χ3v) is 5.20. The zero-order valence-corrected chi connectivity index (χ0v) is 17.2. The number of aliphatic carboxylic acids is 1. The fourth-order valence-corrected chi connectivity index (χ4v) is 3.62. The summed E-state index contributed by atoms with van der Waals surface area (Å²) in [5.41, 5.74) is 4.32. The Morgan fingerprint density at radius 1 is 0.774 bits per heavy atom. The van der Waals surface area contributed by atoms with E-state index >= 15 is 0 Å². The molecular formula is C28H24O3. The van der Waals surface area contributed by atoms with Gasteiger partial charge in [-0.15, -0.1) is 0 Å². The maximum Gasteiger partial charge on any atom is 0.328 e. The smallest absolute Gasteiger partial charge is 0.328 e. The van der Waals surface area contributed by atoms with Crippen LogP contribution in [0, 0.1) is 0 Å². The van der Waals surface area contributed by atoms with Crippen LogP contribution < -0.4 is 4.74 Å². The lowest BCUT2D eigenvalue weighted by atomic mass is 10.0. The van der Waals surface area contributed by atoms with Gasteiger partial charge in [-0.05, 0) is 46.0 Å². The highest BCUT2D eigenvalue weighted by Crippen LogP contribution is 2.24. The van der Waals surface area contributed by atoms with E-state index < -0.39 is 5.97 Å². The molecule has 0 radical (unpaired) electrons. The van der Waals surface area contributed by atoms with Crippen LogP contribution in [0.3, 0.4) is 0 Å². The molecule has 0 aromatic heterocycles. The minimum atomic E-state index is -0.976. The van der Waals surface area contributed by atoms with Gasteiger partial charge in [0.15, 0.2) is 0 Å². The summed E-state index contributed by atoms with van der Waals surface area (Å²) in [6, 6.07) is 31.0. The van der Waals surface area contributed by atoms with Gasteiger partial charge in [0, 0.05) is 18.1 Å². The Morgan fingerprint density at radius 3 is 2.32 bits per heavy atom. The lowest BCUT2D eigenvalue weighted by Crippen LogP contribution is -2.03. The molecule has 0 aliphatic heterocycles. The number of fused-ring (bicyclic) bond motifs is 1. The van der Waals surface area contributed by atoms with Crippen LogP contribution in [0.2, 0.25) is 0 Å². The number of rotatable bonds is 8. The van der Waals surface area contributed by atoms with Gasteiger partial charge in [0.25, 0.3) is 0 Å². The second-order valence-corrected chi connectivity index (χ2v) is 7.49. The molecule has 0 atom stereocenters. The van der Waals surface area contributed by atoms with Gasteiger partial charge >= 0.3 is 5.97 Å². The number of benzene rings is 4. The van der Waals surface area contributed by atoms with E-state index in [1.165, 1.54) is 21.9 Å². The molecule has 4 rings (SSSR count). The molecule has 0 aliphatic rings. The fraction of sp³-hybridized carbons (Fsp3) is 0.107. The van der Waals surface area contributed by atoms with E-state index in [0.29, 0.717) is 12.4 Å². The standard InChI is InChI=1S/C28H24O3/c29-28(30)15-14-25-13-11-23(18-21-6-2-1-3-7-21)20-27(25)31-17-16-22-10-12-24-8-4-5-9-26(24)19-22/h1-15,19-20H,16-18H2,(H,29,30)/b15-14+. The van der Waals surface area contributed by atoms with Crippen molar-refractivity contribution in [1.29, 1.82) is 0 Å². The quantitative estimate of drug-likeness (QED) is 0.356. The SMILES string of the molecule is O=C(O)/C=C/c1ccc(Cc2ccccc2)cc1OCCc1ccc2ccccc2c1. The van der Waals surface area contributed by atoms with Crippen LogP contribution in [0.1, 0.15) is 22.3 Å². The first-order chi connectivity index (χ1) is 15.2. The summed E-state index contributed by atoms with van der Waals surface area (Å²) in [4.78, 5) is 11.0. The maximum absolute atomic E-state index is 11.0. The molecule has 0 bridgehead atoms. The summed E-state index contributed by atoms with van der Waals surface area (Å²) < 4.78 is 6.12. The first-order valence-corrected chi connectivity index (χ1v) is 10.4.